The Labute approximate surface area is 129 Å². The maximum absolute atomic E-state index is 13.2. The maximum atomic E-state index is 13.2. The van der Waals surface area contributed by atoms with Crippen LogP contribution in [0.25, 0.3) is 0 Å². The average molecular weight is 329 g/mol. The number of rotatable bonds is 5. The summed E-state index contributed by atoms with van der Waals surface area (Å²) in [4.78, 5) is 13.0. The van der Waals surface area contributed by atoms with Crippen LogP contribution < -0.4 is 10.5 Å². The van der Waals surface area contributed by atoms with Crippen molar-refractivity contribution in [1.82, 2.24) is 9.62 Å². The van der Waals surface area contributed by atoms with E-state index >= 15 is 0 Å². The first-order chi connectivity index (χ1) is 10.3. The molecule has 1 amide bonds. The van der Waals surface area contributed by atoms with E-state index in [4.69, 9.17) is 5.73 Å². The monoisotopic (exact) mass is 329 g/mol. The Morgan fingerprint density at radius 3 is 2.86 bits per heavy atom. The highest BCUT2D eigenvalue weighted by atomic mass is 32.2. The van der Waals surface area contributed by atoms with E-state index in [0.717, 1.165) is 12.5 Å². The molecule has 2 unspecified atom stereocenters. The molecular formula is C14H20FN3O3S. The second kappa shape index (κ2) is 6.72. The number of nitrogens with one attached hydrogen (secondary N) is 1. The zero-order valence-corrected chi connectivity index (χ0v) is 13.1. The van der Waals surface area contributed by atoms with Crippen LogP contribution in [0.2, 0.25) is 0 Å². The number of piperidine rings is 1. The van der Waals surface area contributed by atoms with Gasteiger partial charge in [0.25, 0.3) is 0 Å². The minimum atomic E-state index is -3.78. The number of amides is 1. The number of sulfonamides is 1. The molecule has 6 nitrogen and oxygen atoms in total. The van der Waals surface area contributed by atoms with E-state index in [2.05, 4.69) is 4.72 Å². The number of hydrogen-bond acceptors (Lipinski definition) is 4. The van der Waals surface area contributed by atoms with Gasteiger partial charge in [-0.05, 0) is 44.5 Å². The maximum Gasteiger partial charge on any atom is 0.240 e. The molecule has 22 heavy (non-hydrogen) atoms. The molecule has 122 valence electrons. The van der Waals surface area contributed by atoms with E-state index in [1.807, 2.05) is 4.90 Å². The Bertz CT molecular complexity index is 650. The van der Waals surface area contributed by atoms with E-state index in [1.54, 1.807) is 6.92 Å². The Kier molecular flexibility index (Phi) is 5.15. The lowest BCUT2D eigenvalue weighted by Crippen LogP contribution is -2.53. The average Bonchev–Trinajstić information content (AvgIpc) is 2.46. The number of carbonyl (C=O) groups excluding carboxylic acids is 1. The SMILES string of the molecule is CC(C(N)=O)N1CCCC(NS(=O)(=O)c2cccc(F)c2)C1. The lowest BCUT2D eigenvalue weighted by Gasteiger charge is -2.35. The van der Waals surface area contributed by atoms with Crippen molar-refractivity contribution < 1.29 is 17.6 Å². The van der Waals surface area contributed by atoms with Gasteiger partial charge in [-0.1, -0.05) is 6.07 Å². The van der Waals surface area contributed by atoms with E-state index < -0.39 is 27.8 Å². The van der Waals surface area contributed by atoms with Gasteiger partial charge in [-0.3, -0.25) is 9.69 Å². The Morgan fingerprint density at radius 1 is 1.50 bits per heavy atom. The van der Waals surface area contributed by atoms with Crippen LogP contribution in [0.3, 0.4) is 0 Å². The van der Waals surface area contributed by atoms with Crippen LogP contribution >= 0.6 is 0 Å². The first kappa shape index (κ1) is 16.9. The van der Waals surface area contributed by atoms with E-state index in [1.165, 1.54) is 18.2 Å². The number of carbonyl (C=O) groups is 1. The fourth-order valence-corrected chi connectivity index (χ4v) is 3.85. The van der Waals surface area contributed by atoms with Crippen molar-refractivity contribution in [3.05, 3.63) is 30.1 Å². The largest absolute Gasteiger partial charge is 0.368 e. The predicted molar refractivity (Wildman–Crippen MR) is 80.0 cm³/mol. The van der Waals surface area contributed by atoms with Gasteiger partial charge in [0.1, 0.15) is 5.82 Å². The third-order valence-electron chi connectivity index (χ3n) is 3.84. The summed E-state index contributed by atoms with van der Waals surface area (Å²) in [7, 11) is -3.78. The van der Waals surface area contributed by atoms with Gasteiger partial charge in [0.05, 0.1) is 10.9 Å². The lowest BCUT2D eigenvalue weighted by atomic mass is 10.0. The number of primary amides is 1. The summed E-state index contributed by atoms with van der Waals surface area (Å²) in [6, 6.07) is 4.10. The van der Waals surface area contributed by atoms with Crippen LogP contribution in [0.15, 0.2) is 29.2 Å². The van der Waals surface area contributed by atoms with E-state index in [-0.39, 0.29) is 10.9 Å². The highest BCUT2D eigenvalue weighted by molar-refractivity contribution is 7.89. The molecule has 0 aromatic heterocycles. The number of benzene rings is 1. The van der Waals surface area contributed by atoms with Crippen molar-refractivity contribution in [2.75, 3.05) is 13.1 Å². The molecular weight excluding hydrogens is 309 g/mol. The van der Waals surface area contributed by atoms with Crippen molar-refractivity contribution >= 4 is 15.9 Å². The number of nitrogens with zero attached hydrogens (tertiary/aromatic N) is 1. The first-order valence-corrected chi connectivity index (χ1v) is 8.59. The summed E-state index contributed by atoms with van der Waals surface area (Å²) in [6.45, 7) is 2.80. The molecule has 0 saturated carbocycles. The minimum Gasteiger partial charge on any atom is -0.368 e. The normalized spacial score (nSPS) is 21.5. The number of nitrogens with two attached hydrogens (primary N) is 1. The topological polar surface area (TPSA) is 92.5 Å². The summed E-state index contributed by atoms with van der Waals surface area (Å²) < 4.78 is 40.3. The van der Waals surface area contributed by atoms with Crippen molar-refractivity contribution in [1.29, 1.82) is 0 Å². The van der Waals surface area contributed by atoms with E-state index in [9.17, 15) is 17.6 Å². The zero-order chi connectivity index (χ0) is 16.3. The Morgan fingerprint density at radius 2 is 2.23 bits per heavy atom. The quantitative estimate of drug-likeness (QED) is 0.820. The molecule has 1 aromatic carbocycles. The van der Waals surface area contributed by atoms with Gasteiger partial charge < -0.3 is 5.73 Å². The summed E-state index contributed by atoms with van der Waals surface area (Å²) in [5, 5.41) is 0. The van der Waals surface area contributed by atoms with E-state index in [0.29, 0.717) is 19.5 Å². The molecule has 0 bridgehead atoms. The van der Waals surface area contributed by atoms with Crippen molar-refractivity contribution in [2.45, 2.75) is 36.7 Å². The second-order valence-electron chi connectivity index (χ2n) is 5.49. The van der Waals surface area contributed by atoms with Gasteiger partial charge in [-0.15, -0.1) is 0 Å². The summed E-state index contributed by atoms with van der Waals surface area (Å²) >= 11 is 0. The van der Waals surface area contributed by atoms with Crippen LogP contribution in [0.5, 0.6) is 0 Å². The fraction of sp³-hybridized carbons (Fsp3) is 0.500. The van der Waals surface area contributed by atoms with Crippen LogP contribution in [-0.2, 0) is 14.8 Å². The summed E-state index contributed by atoms with van der Waals surface area (Å²) in [5.41, 5.74) is 5.29. The fourth-order valence-electron chi connectivity index (χ4n) is 2.56. The second-order valence-corrected chi connectivity index (χ2v) is 7.21. The van der Waals surface area contributed by atoms with Crippen LogP contribution in [0.4, 0.5) is 4.39 Å². The molecule has 1 fully saturated rings. The molecule has 8 heteroatoms. The third kappa shape index (κ3) is 4.02. The molecule has 0 spiro atoms. The molecule has 1 aromatic rings. The predicted octanol–water partition coefficient (Wildman–Crippen LogP) is 0.442. The summed E-state index contributed by atoms with van der Waals surface area (Å²) in [5.74, 6) is -1.04. The molecule has 0 radical (unpaired) electrons. The van der Waals surface area contributed by atoms with Crippen LogP contribution in [0, 0.1) is 5.82 Å². The van der Waals surface area contributed by atoms with Crippen molar-refractivity contribution in [2.24, 2.45) is 5.73 Å². The Hall–Kier alpha value is -1.51. The molecule has 2 rings (SSSR count). The molecule has 1 aliphatic heterocycles. The number of halogens is 1. The van der Waals surface area contributed by atoms with Crippen molar-refractivity contribution in [3.63, 3.8) is 0 Å². The van der Waals surface area contributed by atoms with Gasteiger partial charge in [0.2, 0.25) is 15.9 Å². The number of likely N-dealkylation sites (tertiary alicyclic amines) is 1. The molecule has 1 heterocycles. The molecule has 0 aliphatic carbocycles. The standard InChI is InChI=1S/C14H20FN3O3S/c1-10(14(16)19)18-7-3-5-12(9-18)17-22(20,21)13-6-2-4-11(15)8-13/h2,4,6,8,10,12,17H,3,5,7,9H2,1H3,(H2,16,19). The first-order valence-electron chi connectivity index (χ1n) is 7.11. The zero-order valence-electron chi connectivity index (χ0n) is 12.3. The third-order valence-corrected chi connectivity index (χ3v) is 5.36. The summed E-state index contributed by atoms with van der Waals surface area (Å²) in [6.07, 6.45) is 1.42. The van der Waals surface area contributed by atoms with Gasteiger partial charge in [-0.25, -0.2) is 17.5 Å². The highest BCUT2D eigenvalue weighted by Crippen LogP contribution is 2.17. The van der Waals surface area contributed by atoms with Gasteiger partial charge in [0.15, 0.2) is 0 Å². The Balaban J connectivity index is 2.08. The van der Waals surface area contributed by atoms with Gasteiger partial charge in [0, 0.05) is 12.6 Å². The number of hydrogen-bond donors (Lipinski definition) is 2. The molecule has 2 atom stereocenters. The lowest BCUT2D eigenvalue weighted by molar-refractivity contribution is -0.123. The molecule has 1 saturated heterocycles. The highest BCUT2D eigenvalue weighted by Gasteiger charge is 2.29. The minimum absolute atomic E-state index is 0.104. The van der Waals surface area contributed by atoms with Gasteiger partial charge in [-0.2, -0.15) is 0 Å². The van der Waals surface area contributed by atoms with Crippen LogP contribution in [-0.4, -0.2) is 44.4 Å². The molecule has 3 N–H and O–H groups in total. The molecule has 1 aliphatic rings. The van der Waals surface area contributed by atoms with Gasteiger partial charge >= 0.3 is 0 Å². The smallest absolute Gasteiger partial charge is 0.240 e. The van der Waals surface area contributed by atoms with Crippen molar-refractivity contribution in [3.8, 4) is 0 Å². The van der Waals surface area contributed by atoms with Crippen LogP contribution in [0.1, 0.15) is 19.8 Å².